The van der Waals surface area contributed by atoms with Crippen molar-refractivity contribution in [2.75, 3.05) is 25.0 Å². The number of hydrogen-bond acceptors (Lipinski definition) is 6. The van der Waals surface area contributed by atoms with Crippen LogP contribution in [0, 0.1) is 0 Å². The minimum absolute atomic E-state index is 0.0126. The summed E-state index contributed by atoms with van der Waals surface area (Å²) in [5, 5.41) is 13.8. The number of halogens is 2. The predicted molar refractivity (Wildman–Crippen MR) is 171 cm³/mol. The number of piperidine rings is 1. The summed E-state index contributed by atoms with van der Waals surface area (Å²) in [7, 11) is 0. The lowest BCUT2D eigenvalue weighted by Crippen LogP contribution is -2.44. The van der Waals surface area contributed by atoms with Crippen LogP contribution in [0.4, 0.5) is 10.5 Å². The molecule has 2 amide bonds. The van der Waals surface area contributed by atoms with E-state index in [0.717, 1.165) is 29.8 Å². The van der Waals surface area contributed by atoms with Gasteiger partial charge in [-0.15, -0.1) is 0 Å². The molecule has 1 heterocycles. The number of nitrogens with one attached hydrogen (secondary N) is 1. The van der Waals surface area contributed by atoms with E-state index in [-0.39, 0.29) is 18.7 Å². The molecule has 0 bridgehead atoms. The molecule has 0 unspecified atom stereocenters. The Kier molecular flexibility index (Phi) is 11.0. The third kappa shape index (κ3) is 9.79. The summed E-state index contributed by atoms with van der Waals surface area (Å²) >= 11 is 12.2. The van der Waals surface area contributed by atoms with Crippen molar-refractivity contribution in [3.8, 4) is 5.75 Å². The molecule has 0 radical (unpaired) electrons. The molecule has 0 aliphatic carbocycles. The topological polar surface area (TPSA) is 108 Å². The monoisotopic (exact) mass is 641 g/mol. The summed E-state index contributed by atoms with van der Waals surface area (Å²) in [6.07, 6.45) is 1.17. The molecule has 4 rings (SSSR count). The van der Waals surface area contributed by atoms with E-state index in [1.54, 1.807) is 41.3 Å². The Morgan fingerprint density at radius 2 is 1.59 bits per heavy atom. The Bertz CT molecular complexity index is 1450. The molecule has 1 aliphatic heterocycles. The smallest absolute Gasteiger partial charge is 0.410 e. The Labute approximate surface area is 267 Å². The zero-order chi connectivity index (χ0) is 31.9. The van der Waals surface area contributed by atoms with Crippen molar-refractivity contribution in [2.24, 2.45) is 0 Å². The van der Waals surface area contributed by atoms with E-state index in [2.05, 4.69) is 5.32 Å². The number of aliphatic carboxylic acids is 1. The number of likely N-dealkylation sites (tertiary alicyclic amines) is 1. The standard InChI is InChI=1S/C33H37Cl2N3O6/c1-33(2,3)44-32(42)37-16-14-28(15-17-37)43-27-11-4-22(5-12-27)19-36-29-13-10-26(35)18-24(29)20-38(21-30(39)40)31(41)23-6-8-25(34)9-7-23/h4-13,18,28,36H,14-17,19-21H2,1-3H3,(H,39,40). The van der Waals surface area contributed by atoms with Crippen LogP contribution in [0.2, 0.25) is 10.0 Å². The number of carboxylic acids is 1. The number of rotatable bonds is 10. The molecule has 2 N–H and O–H groups in total. The molecule has 1 aliphatic rings. The van der Waals surface area contributed by atoms with Crippen LogP contribution >= 0.6 is 23.2 Å². The average molecular weight is 643 g/mol. The number of benzene rings is 3. The first-order valence-electron chi connectivity index (χ1n) is 14.4. The number of anilines is 1. The Balaban J connectivity index is 1.35. The molecule has 44 heavy (non-hydrogen) atoms. The largest absolute Gasteiger partial charge is 0.490 e. The van der Waals surface area contributed by atoms with E-state index in [9.17, 15) is 19.5 Å². The highest BCUT2D eigenvalue weighted by Crippen LogP contribution is 2.25. The number of nitrogens with zero attached hydrogens (tertiary/aromatic N) is 2. The maximum Gasteiger partial charge on any atom is 0.410 e. The van der Waals surface area contributed by atoms with Crippen LogP contribution in [0.5, 0.6) is 5.75 Å². The summed E-state index contributed by atoms with van der Waals surface area (Å²) in [5.41, 5.74) is 2.22. The molecule has 3 aromatic carbocycles. The number of carboxylic acid groups (broad SMARTS) is 1. The molecule has 234 valence electrons. The van der Waals surface area contributed by atoms with Crippen molar-refractivity contribution in [2.45, 2.75) is 58.4 Å². The van der Waals surface area contributed by atoms with Crippen LogP contribution in [0.1, 0.15) is 55.1 Å². The first-order chi connectivity index (χ1) is 20.9. The quantitative estimate of drug-likeness (QED) is 0.243. The first kappa shape index (κ1) is 33.0. The molecule has 3 aromatic rings. The van der Waals surface area contributed by atoms with Gasteiger partial charge in [0.05, 0.1) is 0 Å². The fourth-order valence-electron chi connectivity index (χ4n) is 4.77. The third-order valence-electron chi connectivity index (χ3n) is 6.94. The van der Waals surface area contributed by atoms with Crippen LogP contribution in [0.15, 0.2) is 66.7 Å². The SMILES string of the molecule is CC(C)(C)OC(=O)N1CCC(Oc2ccc(CNc3ccc(Cl)cc3CN(CC(=O)O)C(=O)c3ccc(Cl)cc3)cc2)CC1. The van der Waals surface area contributed by atoms with Gasteiger partial charge in [-0.25, -0.2) is 4.79 Å². The van der Waals surface area contributed by atoms with Gasteiger partial charge in [-0.1, -0.05) is 35.3 Å². The highest BCUT2D eigenvalue weighted by Gasteiger charge is 2.27. The number of carbonyl (C=O) groups is 3. The minimum Gasteiger partial charge on any atom is -0.490 e. The second kappa shape index (κ2) is 14.7. The van der Waals surface area contributed by atoms with E-state index >= 15 is 0 Å². The Hall–Kier alpha value is -3.95. The van der Waals surface area contributed by atoms with Crippen LogP contribution in [0.3, 0.4) is 0 Å². The fourth-order valence-corrected chi connectivity index (χ4v) is 5.09. The Morgan fingerprint density at radius 3 is 2.20 bits per heavy atom. The normalized spacial score (nSPS) is 13.7. The van der Waals surface area contributed by atoms with Crippen LogP contribution in [-0.2, 0) is 22.6 Å². The second-order valence-electron chi connectivity index (χ2n) is 11.6. The third-order valence-corrected chi connectivity index (χ3v) is 7.42. The average Bonchev–Trinajstić information content (AvgIpc) is 2.96. The van der Waals surface area contributed by atoms with Gasteiger partial charge in [0.1, 0.15) is 24.0 Å². The van der Waals surface area contributed by atoms with Crippen molar-refractivity contribution in [1.29, 1.82) is 0 Å². The van der Waals surface area contributed by atoms with Gasteiger partial charge in [0, 0.05) is 60.3 Å². The molecule has 1 saturated heterocycles. The summed E-state index contributed by atoms with van der Waals surface area (Å²) in [6.45, 7) is 6.78. The summed E-state index contributed by atoms with van der Waals surface area (Å²) in [5.74, 6) is -0.803. The number of hydrogen-bond donors (Lipinski definition) is 2. The molecule has 1 fully saturated rings. The lowest BCUT2D eigenvalue weighted by Gasteiger charge is -2.33. The second-order valence-corrected chi connectivity index (χ2v) is 12.5. The van der Waals surface area contributed by atoms with Gasteiger partial charge in [-0.3, -0.25) is 9.59 Å². The van der Waals surface area contributed by atoms with Gasteiger partial charge in [-0.2, -0.15) is 0 Å². The van der Waals surface area contributed by atoms with E-state index in [4.69, 9.17) is 32.7 Å². The van der Waals surface area contributed by atoms with E-state index in [0.29, 0.717) is 40.8 Å². The van der Waals surface area contributed by atoms with Gasteiger partial charge in [0.25, 0.3) is 5.91 Å². The van der Waals surface area contributed by atoms with Crippen LogP contribution in [0.25, 0.3) is 0 Å². The Morgan fingerprint density at radius 1 is 0.955 bits per heavy atom. The number of amides is 2. The number of carbonyl (C=O) groups excluding carboxylic acids is 2. The first-order valence-corrected chi connectivity index (χ1v) is 15.1. The van der Waals surface area contributed by atoms with Gasteiger partial charge in [-0.05, 0) is 86.5 Å². The summed E-state index contributed by atoms with van der Waals surface area (Å²) in [4.78, 5) is 40.1. The lowest BCUT2D eigenvalue weighted by atomic mass is 10.1. The molecule has 0 atom stereocenters. The number of ether oxygens (including phenoxy) is 2. The predicted octanol–water partition coefficient (Wildman–Crippen LogP) is 7.11. The van der Waals surface area contributed by atoms with Crippen molar-refractivity contribution in [3.05, 3.63) is 93.5 Å². The molecule has 0 spiro atoms. The van der Waals surface area contributed by atoms with Crippen LogP contribution in [-0.4, -0.2) is 64.2 Å². The molecule has 0 saturated carbocycles. The van der Waals surface area contributed by atoms with Crippen LogP contribution < -0.4 is 10.1 Å². The molecular formula is C33H37Cl2N3O6. The maximum atomic E-state index is 13.2. The lowest BCUT2D eigenvalue weighted by molar-refractivity contribution is -0.137. The molecule has 0 aromatic heterocycles. The molecule has 11 heteroatoms. The maximum absolute atomic E-state index is 13.2. The van der Waals surface area contributed by atoms with Gasteiger partial charge in [0.2, 0.25) is 0 Å². The molecule has 9 nitrogen and oxygen atoms in total. The van der Waals surface area contributed by atoms with E-state index < -0.39 is 24.0 Å². The van der Waals surface area contributed by atoms with Crippen molar-refractivity contribution in [3.63, 3.8) is 0 Å². The van der Waals surface area contributed by atoms with Crippen molar-refractivity contribution in [1.82, 2.24) is 9.80 Å². The fraction of sp³-hybridized carbons (Fsp3) is 0.364. The van der Waals surface area contributed by atoms with Gasteiger partial charge < -0.3 is 29.7 Å². The van der Waals surface area contributed by atoms with E-state index in [1.807, 2.05) is 51.1 Å². The molecular weight excluding hydrogens is 605 g/mol. The van der Waals surface area contributed by atoms with Crippen molar-refractivity contribution >= 4 is 46.9 Å². The van der Waals surface area contributed by atoms with E-state index in [1.165, 1.54) is 4.90 Å². The zero-order valence-electron chi connectivity index (χ0n) is 25.0. The summed E-state index contributed by atoms with van der Waals surface area (Å²) in [6, 6.07) is 19.3. The van der Waals surface area contributed by atoms with Gasteiger partial charge in [0.15, 0.2) is 0 Å². The summed E-state index contributed by atoms with van der Waals surface area (Å²) < 4.78 is 11.6. The van der Waals surface area contributed by atoms with Crippen molar-refractivity contribution < 1.29 is 29.0 Å². The highest BCUT2D eigenvalue weighted by molar-refractivity contribution is 6.31. The highest BCUT2D eigenvalue weighted by atomic mass is 35.5. The van der Waals surface area contributed by atoms with Gasteiger partial charge >= 0.3 is 12.1 Å². The zero-order valence-corrected chi connectivity index (χ0v) is 26.5. The minimum atomic E-state index is -1.13.